The normalized spacial score (nSPS) is 17.1. The van der Waals surface area contributed by atoms with Crippen LogP contribution >= 0.6 is 0 Å². The predicted molar refractivity (Wildman–Crippen MR) is 150 cm³/mol. The maximum Gasteiger partial charge on any atom is 0.259 e. The van der Waals surface area contributed by atoms with Crippen molar-refractivity contribution in [3.8, 4) is 0 Å². The average Bonchev–Trinajstić information content (AvgIpc) is 3.37. The number of hydrogen-bond acceptors (Lipinski definition) is 4. The van der Waals surface area contributed by atoms with E-state index in [9.17, 15) is 14.4 Å². The lowest BCUT2D eigenvalue weighted by Crippen LogP contribution is -2.34. The van der Waals surface area contributed by atoms with E-state index in [2.05, 4.69) is 49.8 Å². The number of benzene rings is 2. The van der Waals surface area contributed by atoms with Gasteiger partial charge < -0.3 is 14.5 Å². The fraction of sp³-hybridized carbons (Fsp3) is 0.323. The Hall–Kier alpha value is -4.13. The summed E-state index contributed by atoms with van der Waals surface area (Å²) in [6, 6.07) is 16.1. The Bertz CT molecular complexity index is 1740. The molecule has 0 unspecified atom stereocenters. The molecule has 2 aliphatic heterocycles. The van der Waals surface area contributed by atoms with Gasteiger partial charge in [-0.15, -0.1) is 0 Å². The zero-order chi connectivity index (χ0) is 26.9. The highest BCUT2D eigenvalue weighted by molar-refractivity contribution is 6.11. The number of pyridine rings is 1. The Labute approximate surface area is 221 Å². The van der Waals surface area contributed by atoms with Crippen LogP contribution in [0.5, 0.6) is 0 Å². The van der Waals surface area contributed by atoms with E-state index in [-0.39, 0.29) is 35.9 Å². The van der Waals surface area contributed by atoms with Gasteiger partial charge in [0.05, 0.1) is 23.2 Å². The lowest BCUT2D eigenvalue weighted by molar-refractivity contribution is -0.139. The number of aromatic nitrogens is 2. The van der Waals surface area contributed by atoms with Gasteiger partial charge in [0, 0.05) is 54.0 Å². The molecule has 38 heavy (non-hydrogen) atoms. The molecule has 2 aromatic carbocycles. The van der Waals surface area contributed by atoms with E-state index < -0.39 is 5.92 Å². The first-order valence-corrected chi connectivity index (χ1v) is 13.3. The topological polar surface area (TPSA) is 76.3 Å². The summed E-state index contributed by atoms with van der Waals surface area (Å²) < 4.78 is 4.04. The third-order valence-electron chi connectivity index (χ3n) is 7.72. The van der Waals surface area contributed by atoms with Crippen LogP contribution in [0, 0.1) is 5.92 Å². The molecule has 6 rings (SSSR count). The number of amides is 2. The first-order valence-electron chi connectivity index (χ1n) is 13.3. The van der Waals surface area contributed by atoms with E-state index in [0.717, 1.165) is 33.1 Å². The standard InChI is InChI=1S/C31H32N4O3/c1-17(2)14-35-25-11-7-6-9-20(25)13-21(30(35)37)27-22-15-33(18(3)4)26-12-8-10-23(28(22)26)32-24-16-34(19(5)36)31(38)29(24)27/h6-13,15,17-18,27,32H,14,16H2,1-5H3/t27-/m0/s1. The number of nitrogens with one attached hydrogen (secondary N) is 1. The van der Waals surface area contributed by atoms with E-state index in [1.807, 2.05) is 47.0 Å². The molecule has 4 aromatic rings. The van der Waals surface area contributed by atoms with Gasteiger partial charge in [0.25, 0.3) is 11.5 Å². The second-order valence-corrected chi connectivity index (χ2v) is 11.1. The van der Waals surface area contributed by atoms with Crippen molar-refractivity contribution in [1.29, 1.82) is 0 Å². The fourth-order valence-electron chi connectivity index (χ4n) is 6.09. The van der Waals surface area contributed by atoms with Crippen LogP contribution in [0.25, 0.3) is 21.8 Å². The van der Waals surface area contributed by atoms with E-state index in [4.69, 9.17) is 0 Å². The second kappa shape index (κ2) is 8.72. The molecular weight excluding hydrogens is 476 g/mol. The van der Waals surface area contributed by atoms with Crippen molar-refractivity contribution in [2.75, 3.05) is 11.9 Å². The zero-order valence-corrected chi connectivity index (χ0v) is 22.4. The molecule has 0 saturated heterocycles. The molecular formula is C31H32N4O3. The van der Waals surface area contributed by atoms with Gasteiger partial charge in [0.1, 0.15) is 0 Å². The summed E-state index contributed by atoms with van der Waals surface area (Å²) in [5, 5.41) is 5.45. The Morgan fingerprint density at radius 2 is 1.74 bits per heavy atom. The third kappa shape index (κ3) is 3.52. The number of anilines is 1. The van der Waals surface area contributed by atoms with Crippen LogP contribution in [0.1, 0.15) is 57.7 Å². The Morgan fingerprint density at radius 1 is 1.00 bits per heavy atom. The molecule has 1 N–H and O–H groups in total. The summed E-state index contributed by atoms with van der Waals surface area (Å²) in [4.78, 5) is 41.9. The minimum atomic E-state index is -0.615. The molecule has 0 saturated carbocycles. The van der Waals surface area contributed by atoms with Crippen molar-refractivity contribution < 1.29 is 9.59 Å². The van der Waals surface area contributed by atoms with Gasteiger partial charge in [0.2, 0.25) is 5.91 Å². The van der Waals surface area contributed by atoms with Crippen molar-refractivity contribution in [3.63, 3.8) is 0 Å². The molecule has 194 valence electrons. The summed E-state index contributed by atoms with van der Waals surface area (Å²) >= 11 is 0. The van der Waals surface area contributed by atoms with Crippen LogP contribution in [0.4, 0.5) is 5.69 Å². The van der Waals surface area contributed by atoms with Crippen molar-refractivity contribution >= 4 is 39.3 Å². The minimum Gasteiger partial charge on any atom is -0.356 e. The van der Waals surface area contributed by atoms with E-state index in [0.29, 0.717) is 23.4 Å². The average molecular weight is 509 g/mol. The zero-order valence-electron chi connectivity index (χ0n) is 22.4. The minimum absolute atomic E-state index is 0.104. The molecule has 0 spiro atoms. The smallest absolute Gasteiger partial charge is 0.259 e. The largest absolute Gasteiger partial charge is 0.356 e. The number of nitrogens with zero attached hydrogens (tertiary/aromatic N) is 3. The number of hydrogen-bond donors (Lipinski definition) is 1. The SMILES string of the molecule is CC(=O)N1CC2=C(C1=O)[C@@H](c1cc3ccccc3n(CC(C)C)c1=O)c1cn(C(C)C)c3cccc(c13)N2. The lowest BCUT2D eigenvalue weighted by atomic mass is 9.84. The van der Waals surface area contributed by atoms with Gasteiger partial charge in [-0.25, -0.2) is 0 Å². The Kier molecular flexibility index (Phi) is 5.56. The van der Waals surface area contributed by atoms with Crippen LogP contribution in [0.15, 0.2) is 70.8 Å². The van der Waals surface area contributed by atoms with Crippen LogP contribution in [-0.4, -0.2) is 32.4 Å². The van der Waals surface area contributed by atoms with Crippen LogP contribution in [0.3, 0.4) is 0 Å². The van der Waals surface area contributed by atoms with E-state index >= 15 is 0 Å². The van der Waals surface area contributed by atoms with Gasteiger partial charge in [-0.05, 0) is 55.0 Å². The second-order valence-electron chi connectivity index (χ2n) is 11.1. The van der Waals surface area contributed by atoms with Gasteiger partial charge in [0.15, 0.2) is 0 Å². The van der Waals surface area contributed by atoms with Crippen molar-refractivity contribution in [2.24, 2.45) is 5.92 Å². The summed E-state index contributed by atoms with van der Waals surface area (Å²) in [5.41, 5.74) is 5.32. The first-order chi connectivity index (χ1) is 18.2. The first kappa shape index (κ1) is 24.2. The summed E-state index contributed by atoms with van der Waals surface area (Å²) in [6.07, 6.45) is 2.09. The molecule has 0 radical (unpaired) electrons. The Morgan fingerprint density at radius 3 is 2.45 bits per heavy atom. The molecule has 2 aliphatic rings. The van der Waals surface area contributed by atoms with Gasteiger partial charge in [-0.1, -0.05) is 38.1 Å². The Balaban J connectivity index is 1.72. The molecule has 2 aromatic heterocycles. The molecule has 1 atom stereocenters. The van der Waals surface area contributed by atoms with Crippen LogP contribution in [0.2, 0.25) is 0 Å². The van der Waals surface area contributed by atoms with Gasteiger partial charge in [-0.2, -0.15) is 0 Å². The number of carbonyl (C=O) groups is 2. The number of para-hydroxylation sites is 1. The monoisotopic (exact) mass is 508 g/mol. The van der Waals surface area contributed by atoms with Crippen molar-refractivity contribution in [1.82, 2.24) is 14.0 Å². The number of fused-ring (bicyclic) bond motifs is 1. The molecule has 0 fully saturated rings. The fourth-order valence-corrected chi connectivity index (χ4v) is 6.09. The highest BCUT2D eigenvalue weighted by atomic mass is 16.2. The van der Waals surface area contributed by atoms with Crippen LogP contribution in [-0.2, 0) is 16.1 Å². The van der Waals surface area contributed by atoms with E-state index in [1.54, 1.807) is 0 Å². The predicted octanol–water partition coefficient (Wildman–Crippen LogP) is 5.39. The molecule has 2 amide bonds. The van der Waals surface area contributed by atoms with Gasteiger partial charge >= 0.3 is 0 Å². The maximum atomic E-state index is 14.3. The molecule has 0 aliphatic carbocycles. The number of carbonyl (C=O) groups excluding carboxylic acids is 2. The van der Waals surface area contributed by atoms with E-state index in [1.165, 1.54) is 11.8 Å². The third-order valence-corrected chi connectivity index (χ3v) is 7.72. The number of rotatable bonds is 4. The molecule has 0 bridgehead atoms. The van der Waals surface area contributed by atoms with Crippen molar-refractivity contribution in [2.45, 2.75) is 53.1 Å². The van der Waals surface area contributed by atoms with Crippen LogP contribution < -0.4 is 10.9 Å². The summed E-state index contributed by atoms with van der Waals surface area (Å²) in [7, 11) is 0. The maximum absolute atomic E-state index is 14.3. The van der Waals surface area contributed by atoms with Gasteiger partial charge in [-0.3, -0.25) is 19.3 Å². The summed E-state index contributed by atoms with van der Waals surface area (Å²) in [5.74, 6) is -1.01. The quantitative estimate of drug-likeness (QED) is 0.401. The molecule has 7 nitrogen and oxygen atoms in total. The highest BCUT2D eigenvalue weighted by Gasteiger charge is 2.42. The van der Waals surface area contributed by atoms with Crippen molar-refractivity contribution in [3.05, 3.63) is 87.5 Å². The lowest BCUT2D eigenvalue weighted by Gasteiger charge is -2.22. The molecule has 7 heteroatoms. The highest BCUT2D eigenvalue weighted by Crippen LogP contribution is 2.46. The number of imide groups is 1. The summed E-state index contributed by atoms with van der Waals surface area (Å²) in [6.45, 7) is 10.6. The molecule has 4 heterocycles.